The van der Waals surface area contributed by atoms with Crippen molar-refractivity contribution in [3.8, 4) is 0 Å². The fourth-order valence-electron chi connectivity index (χ4n) is 5.25. The normalized spacial score (nSPS) is 19.7. The van der Waals surface area contributed by atoms with Crippen LogP contribution in [0.2, 0.25) is 10.0 Å². The fourth-order valence-corrected chi connectivity index (χ4v) is 8.27. The molecule has 3 aromatic carbocycles. The molecule has 14 heteroatoms. The van der Waals surface area contributed by atoms with Gasteiger partial charge in [-0.25, -0.2) is 4.90 Å². The van der Waals surface area contributed by atoms with Gasteiger partial charge in [-0.1, -0.05) is 64.5 Å². The van der Waals surface area contributed by atoms with Gasteiger partial charge in [-0.2, -0.15) is 13.2 Å². The predicted molar refractivity (Wildman–Crippen MR) is 159 cm³/mol. The zero-order valence-corrected chi connectivity index (χ0v) is 24.7. The maximum Gasteiger partial charge on any atom is 0.416 e. The maximum absolute atomic E-state index is 13.9. The smallest absolute Gasteiger partial charge is 0.325 e. The number of thiazole rings is 1. The average Bonchev–Trinajstić information content (AvgIpc) is 3.40. The van der Waals surface area contributed by atoms with E-state index in [4.69, 9.17) is 23.2 Å². The van der Waals surface area contributed by atoms with Gasteiger partial charge in [0.15, 0.2) is 0 Å². The Bertz CT molecular complexity index is 1820. The molecule has 1 saturated heterocycles. The first-order chi connectivity index (χ1) is 20.4. The SMILES string of the molecule is O=C(Cn1c2c(sc1=O)[C@H](c1ccc(Cl)cc1)C1C(=O)N(c3ccc(Cl)cc3)C(=O)C1S2)Nc1cccc(C(F)(F)F)c1. The van der Waals surface area contributed by atoms with E-state index >= 15 is 0 Å². The second-order valence-corrected chi connectivity index (χ2v) is 12.8. The number of rotatable bonds is 5. The molecule has 3 amide bonds. The molecule has 3 atom stereocenters. The molecule has 0 aliphatic carbocycles. The molecule has 0 spiro atoms. The number of nitrogens with one attached hydrogen (secondary N) is 1. The fraction of sp³-hybridized carbons (Fsp3) is 0.172. The molecular weight excluding hydrogens is 646 g/mol. The van der Waals surface area contributed by atoms with Crippen molar-refractivity contribution in [2.24, 2.45) is 5.92 Å². The first-order valence-corrected chi connectivity index (χ1v) is 15.1. The van der Waals surface area contributed by atoms with E-state index in [-0.39, 0.29) is 5.69 Å². The Morgan fingerprint density at radius 2 is 1.56 bits per heavy atom. The number of amides is 3. The summed E-state index contributed by atoms with van der Waals surface area (Å²) in [5, 5.41) is 2.73. The van der Waals surface area contributed by atoms with E-state index in [2.05, 4.69) is 5.32 Å². The van der Waals surface area contributed by atoms with Crippen molar-refractivity contribution in [3.05, 3.63) is 109 Å². The zero-order valence-electron chi connectivity index (χ0n) is 21.6. The van der Waals surface area contributed by atoms with E-state index < -0.39 is 58.0 Å². The van der Waals surface area contributed by atoms with Crippen LogP contribution in [0, 0.1) is 5.92 Å². The second-order valence-electron chi connectivity index (χ2n) is 9.83. The molecule has 2 aliphatic rings. The molecule has 1 fully saturated rings. The molecule has 3 heterocycles. The standard InChI is InChI=1S/C29H18Cl2F3N3O4S2/c30-16-6-4-14(5-7-16)21-22-23(26(40)37(25(22)39)19-10-8-17(31)9-11-19)42-27-24(21)43-28(41)36(27)13-20(38)35-18-3-1-2-15(12-18)29(32,33)34/h1-12,21-23H,13H2,(H,35,38)/t21-,22?,23?/m1/s1. The quantitative estimate of drug-likeness (QED) is 0.241. The molecule has 1 N–H and O–H groups in total. The molecule has 0 saturated carbocycles. The van der Waals surface area contributed by atoms with Crippen molar-refractivity contribution in [1.82, 2.24) is 4.57 Å². The minimum Gasteiger partial charge on any atom is -0.325 e. The average molecular weight is 665 g/mol. The molecule has 1 aromatic heterocycles. The third-order valence-corrected chi connectivity index (χ3v) is 10.2. The van der Waals surface area contributed by atoms with Crippen LogP contribution < -0.4 is 15.1 Å². The Morgan fingerprint density at radius 3 is 2.21 bits per heavy atom. The summed E-state index contributed by atoms with van der Waals surface area (Å²) in [6.45, 7) is -0.512. The number of hydrogen-bond donors (Lipinski definition) is 1. The number of thioether (sulfide) groups is 1. The van der Waals surface area contributed by atoms with Gasteiger partial charge in [0.05, 0.1) is 22.2 Å². The lowest BCUT2D eigenvalue weighted by molar-refractivity contribution is -0.137. The highest BCUT2D eigenvalue weighted by atomic mass is 35.5. The number of fused-ring (bicyclic) bond motifs is 2. The predicted octanol–water partition coefficient (Wildman–Crippen LogP) is 6.67. The third-order valence-electron chi connectivity index (χ3n) is 7.14. The summed E-state index contributed by atoms with van der Waals surface area (Å²) in [7, 11) is 0. The molecule has 6 rings (SSSR count). The number of nitrogens with zero attached hydrogens (tertiary/aromatic N) is 2. The number of alkyl halides is 3. The molecular formula is C29H18Cl2F3N3O4S2. The van der Waals surface area contributed by atoms with Gasteiger partial charge >= 0.3 is 11.0 Å². The van der Waals surface area contributed by atoms with Crippen molar-refractivity contribution in [1.29, 1.82) is 0 Å². The Morgan fingerprint density at radius 1 is 0.907 bits per heavy atom. The summed E-state index contributed by atoms with van der Waals surface area (Å²) in [5.41, 5.74) is -0.0105. The lowest BCUT2D eigenvalue weighted by Gasteiger charge is -2.30. The maximum atomic E-state index is 13.9. The van der Waals surface area contributed by atoms with E-state index in [1.807, 2.05) is 0 Å². The van der Waals surface area contributed by atoms with Crippen LogP contribution in [-0.2, 0) is 27.1 Å². The number of hydrogen-bond acceptors (Lipinski definition) is 6. The number of carbonyl (C=O) groups excluding carboxylic acids is 3. The van der Waals surface area contributed by atoms with Crippen LogP contribution in [0.5, 0.6) is 0 Å². The largest absolute Gasteiger partial charge is 0.416 e. The van der Waals surface area contributed by atoms with Gasteiger partial charge < -0.3 is 5.32 Å². The minimum absolute atomic E-state index is 0.0843. The van der Waals surface area contributed by atoms with Gasteiger partial charge in [0, 0.05) is 26.5 Å². The topological polar surface area (TPSA) is 88.5 Å². The van der Waals surface area contributed by atoms with Gasteiger partial charge in [0.2, 0.25) is 17.7 Å². The van der Waals surface area contributed by atoms with Crippen LogP contribution in [0.15, 0.2) is 82.6 Å². The lowest BCUT2D eigenvalue weighted by atomic mass is 9.83. The van der Waals surface area contributed by atoms with E-state index in [1.54, 1.807) is 48.5 Å². The van der Waals surface area contributed by atoms with Crippen molar-refractivity contribution >= 4 is 75.4 Å². The monoisotopic (exact) mass is 663 g/mol. The number of benzene rings is 3. The minimum atomic E-state index is -4.60. The van der Waals surface area contributed by atoms with E-state index in [0.717, 1.165) is 40.1 Å². The number of aromatic nitrogens is 1. The third kappa shape index (κ3) is 5.48. The summed E-state index contributed by atoms with van der Waals surface area (Å²) in [4.78, 5) is 54.9. The van der Waals surface area contributed by atoms with Crippen LogP contribution >= 0.6 is 46.3 Å². The molecule has 220 valence electrons. The zero-order chi connectivity index (χ0) is 30.6. The highest BCUT2D eigenvalue weighted by Gasteiger charge is 2.56. The Hall–Kier alpha value is -3.58. The number of carbonyl (C=O) groups is 3. The van der Waals surface area contributed by atoms with Gasteiger partial charge in [0.25, 0.3) is 0 Å². The summed E-state index contributed by atoms with van der Waals surface area (Å²) < 4.78 is 40.6. The number of imide groups is 1. The molecule has 2 aliphatic heterocycles. The van der Waals surface area contributed by atoms with Crippen molar-refractivity contribution in [2.75, 3.05) is 10.2 Å². The first-order valence-electron chi connectivity index (χ1n) is 12.7. The van der Waals surface area contributed by atoms with Crippen LogP contribution in [0.3, 0.4) is 0 Å². The Balaban J connectivity index is 1.37. The molecule has 0 radical (unpaired) electrons. The summed E-state index contributed by atoms with van der Waals surface area (Å²) in [6, 6.07) is 17.2. The molecule has 4 aromatic rings. The molecule has 43 heavy (non-hydrogen) atoms. The molecule has 0 bridgehead atoms. The summed E-state index contributed by atoms with van der Waals surface area (Å²) >= 11 is 14.0. The number of anilines is 2. The van der Waals surface area contributed by atoms with Gasteiger partial charge in [-0.05, 0) is 60.2 Å². The Labute approximate surface area is 260 Å². The first kappa shape index (κ1) is 29.5. The summed E-state index contributed by atoms with van der Waals surface area (Å²) in [5.74, 6) is -3.20. The summed E-state index contributed by atoms with van der Waals surface area (Å²) in [6.07, 6.45) is -4.60. The van der Waals surface area contributed by atoms with Crippen molar-refractivity contribution < 1.29 is 27.6 Å². The highest BCUT2D eigenvalue weighted by molar-refractivity contribution is 8.00. The van der Waals surface area contributed by atoms with Crippen LogP contribution in [-0.4, -0.2) is 27.5 Å². The van der Waals surface area contributed by atoms with Gasteiger partial charge in [-0.15, -0.1) is 0 Å². The second kappa shape index (κ2) is 11.2. The number of halogens is 5. The van der Waals surface area contributed by atoms with Crippen molar-refractivity contribution in [2.45, 2.75) is 28.9 Å². The van der Waals surface area contributed by atoms with Gasteiger partial charge in [0.1, 0.15) is 11.8 Å². The van der Waals surface area contributed by atoms with Crippen molar-refractivity contribution in [3.63, 3.8) is 0 Å². The van der Waals surface area contributed by atoms with Crippen LogP contribution in [0.1, 0.15) is 21.9 Å². The van der Waals surface area contributed by atoms with E-state index in [9.17, 15) is 32.3 Å². The van der Waals surface area contributed by atoms with Gasteiger partial charge in [-0.3, -0.25) is 23.7 Å². The highest BCUT2D eigenvalue weighted by Crippen LogP contribution is 2.54. The Kier molecular flexibility index (Phi) is 7.66. The van der Waals surface area contributed by atoms with E-state index in [1.165, 1.54) is 16.7 Å². The van der Waals surface area contributed by atoms with Crippen LogP contribution in [0.25, 0.3) is 0 Å². The molecule has 2 unspecified atom stereocenters. The lowest BCUT2D eigenvalue weighted by Crippen LogP contribution is -2.33. The molecule has 7 nitrogen and oxygen atoms in total. The van der Waals surface area contributed by atoms with E-state index in [0.29, 0.717) is 31.2 Å². The van der Waals surface area contributed by atoms with Crippen LogP contribution in [0.4, 0.5) is 24.5 Å².